The van der Waals surface area contributed by atoms with E-state index >= 15 is 0 Å². The number of aliphatic imine (C=N–C) groups is 1. The number of guanidine groups is 1. The summed E-state index contributed by atoms with van der Waals surface area (Å²) >= 11 is 1.49. The highest BCUT2D eigenvalue weighted by Crippen LogP contribution is 2.20. The van der Waals surface area contributed by atoms with Crippen LogP contribution in [0.5, 0.6) is 0 Å². The molecular weight excluding hydrogens is 525 g/mol. The number of aryl methyl sites for hydroxylation is 2. The van der Waals surface area contributed by atoms with Crippen LogP contribution in [0, 0.1) is 6.92 Å². The van der Waals surface area contributed by atoms with Crippen LogP contribution < -0.4 is 10.2 Å². The smallest absolute Gasteiger partial charge is 0.226 e. The van der Waals surface area contributed by atoms with Crippen molar-refractivity contribution in [3.05, 3.63) is 47.6 Å². The summed E-state index contributed by atoms with van der Waals surface area (Å²) in [5.41, 5.74) is 3.05. The molecule has 0 atom stereocenters. The molecule has 1 aromatic carbocycles. The molecule has 1 N–H and O–H groups in total. The Morgan fingerprint density at radius 2 is 1.90 bits per heavy atom. The second-order valence-electron chi connectivity index (χ2n) is 7.23. The second-order valence-corrected chi connectivity index (χ2v) is 7.96. The number of hydrogen-bond donors (Lipinski definition) is 1. The van der Waals surface area contributed by atoms with Gasteiger partial charge in [0.1, 0.15) is 12.1 Å². The lowest BCUT2D eigenvalue weighted by molar-refractivity contribution is 0.372. The first-order chi connectivity index (χ1) is 14.7. The summed E-state index contributed by atoms with van der Waals surface area (Å²) in [6.07, 6.45) is 2.58. The quantitative estimate of drug-likeness (QED) is 0.294. The molecule has 10 heteroatoms. The summed E-state index contributed by atoms with van der Waals surface area (Å²) in [7, 11) is 1.81. The summed E-state index contributed by atoms with van der Waals surface area (Å²) < 4.78 is 10.0. The Morgan fingerprint density at radius 1 is 1.16 bits per heavy atom. The Hall–Kier alpha value is -2.21. The van der Waals surface area contributed by atoms with Crippen LogP contribution in [0.3, 0.4) is 0 Å². The topological polar surface area (TPSA) is 82.7 Å². The van der Waals surface area contributed by atoms with Crippen LogP contribution in [0.1, 0.15) is 24.0 Å². The van der Waals surface area contributed by atoms with E-state index in [1.54, 1.807) is 6.26 Å². The Kier molecular flexibility index (Phi) is 8.24. The molecule has 0 unspecified atom stereocenters. The lowest BCUT2D eigenvalue weighted by atomic mass is 10.1. The van der Waals surface area contributed by atoms with Gasteiger partial charge in [0.05, 0.1) is 12.2 Å². The molecule has 31 heavy (non-hydrogen) atoms. The van der Waals surface area contributed by atoms with Crippen molar-refractivity contribution in [3.8, 4) is 11.5 Å². The van der Waals surface area contributed by atoms with Gasteiger partial charge in [-0.25, -0.2) is 9.97 Å². The van der Waals surface area contributed by atoms with Crippen LogP contribution in [-0.4, -0.2) is 58.4 Å². The highest BCUT2D eigenvalue weighted by atomic mass is 127. The summed E-state index contributed by atoms with van der Waals surface area (Å²) in [6, 6.07) is 8.17. The van der Waals surface area contributed by atoms with Gasteiger partial charge in [-0.2, -0.15) is 4.37 Å². The average Bonchev–Trinajstić information content (AvgIpc) is 3.45. The van der Waals surface area contributed by atoms with E-state index in [2.05, 4.69) is 60.4 Å². The molecule has 2 aromatic heterocycles. The molecule has 3 aromatic rings. The van der Waals surface area contributed by atoms with Gasteiger partial charge in [0.2, 0.25) is 11.0 Å². The standard InChI is InChI=1S/C21H27N7OS.HI/c1-4-18-25-21(30-26-18)28-11-9-27(10-12-28)20(22-3)23-13-17-14-29-19(24-17)16-7-5-15(2)6-8-16;/h5-8,14H,4,9-13H2,1-3H3,(H,22,23);1H. The molecule has 0 saturated carbocycles. The summed E-state index contributed by atoms with van der Waals surface area (Å²) in [5.74, 6) is 2.44. The number of nitrogens with zero attached hydrogens (tertiary/aromatic N) is 6. The molecule has 0 radical (unpaired) electrons. The number of oxazole rings is 1. The maximum Gasteiger partial charge on any atom is 0.226 e. The van der Waals surface area contributed by atoms with Crippen molar-refractivity contribution >= 4 is 46.6 Å². The van der Waals surface area contributed by atoms with Gasteiger partial charge in [0.25, 0.3) is 0 Å². The Labute approximate surface area is 204 Å². The SMILES string of the molecule is CCc1nsc(N2CCN(C(=NC)NCc3coc(-c4ccc(C)cc4)n3)CC2)n1.I. The number of hydrogen-bond acceptors (Lipinski definition) is 7. The van der Waals surface area contributed by atoms with Gasteiger partial charge in [0, 0.05) is 56.7 Å². The first-order valence-corrected chi connectivity index (χ1v) is 11.0. The van der Waals surface area contributed by atoms with Crippen molar-refractivity contribution in [2.24, 2.45) is 4.99 Å². The first kappa shape index (κ1) is 23.5. The normalized spacial score (nSPS) is 14.5. The number of halogens is 1. The number of nitrogens with one attached hydrogen (secondary N) is 1. The van der Waals surface area contributed by atoms with E-state index in [1.807, 2.05) is 19.2 Å². The van der Waals surface area contributed by atoms with Crippen LogP contribution in [-0.2, 0) is 13.0 Å². The van der Waals surface area contributed by atoms with Gasteiger partial charge in [-0.3, -0.25) is 4.99 Å². The van der Waals surface area contributed by atoms with E-state index in [9.17, 15) is 0 Å². The van der Waals surface area contributed by atoms with E-state index < -0.39 is 0 Å². The first-order valence-electron chi connectivity index (χ1n) is 10.2. The average molecular weight is 553 g/mol. The van der Waals surface area contributed by atoms with Crippen LogP contribution in [0.4, 0.5) is 5.13 Å². The third kappa shape index (κ3) is 5.73. The number of rotatable bonds is 5. The van der Waals surface area contributed by atoms with Crippen molar-refractivity contribution in [1.82, 2.24) is 24.6 Å². The molecule has 0 bridgehead atoms. The van der Waals surface area contributed by atoms with Gasteiger partial charge < -0.3 is 19.5 Å². The van der Waals surface area contributed by atoms with Gasteiger partial charge >= 0.3 is 0 Å². The maximum absolute atomic E-state index is 5.65. The molecule has 0 amide bonds. The minimum Gasteiger partial charge on any atom is -0.444 e. The van der Waals surface area contributed by atoms with E-state index in [4.69, 9.17) is 4.42 Å². The number of anilines is 1. The van der Waals surface area contributed by atoms with Crippen molar-refractivity contribution in [2.45, 2.75) is 26.8 Å². The Morgan fingerprint density at radius 3 is 2.55 bits per heavy atom. The molecule has 0 aliphatic carbocycles. The highest BCUT2D eigenvalue weighted by Gasteiger charge is 2.22. The molecule has 4 rings (SSSR count). The maximum atomic E-state index is 5.65. The van der Waals surface area contributed by atoms with E-state index in [0.29, 0.717) is 12.4 Å². The molecule has 3 heterocycles. The minimum absolute atomic E-state index is 0. The second kappa shape index (κ2) is 10.9. The molecule has 1 fully saturated rings. The van der Waals surface area contributed by atoms with Gasteiger partial charge in [-0.15, -0.1) is 24.0 Å². The van der Waals surface area contributed by atoms with Crippen LogP contribution in [0.2, 0.25) is 0 Å². The fourth-order valence-electron chi connectivity index (χ4n) is 3.35. The molecular formula is C21H28IN7OS. The van der Waals surface area contributed by atoms with E-state index in [1.165, 1.54) is 17.1 Å². The zero-order chi connectivity index (χ0) is 20.9. The van der Waals surface area contributed by atoms with Crippen LogP contribution in [0.25, 0.3) is 11.5 Å². The monoisotopic (exact) mass is 553 g/mol. The predicted octanol–water partition coefficient (Wildman–Crippen LogP) is 3.58. The molecule has 1 saturated heterocycles. The Bertz CT molecular complexity index is 993. The zero-order valence-electron chi connectivity index (χ0n) is 18.0. The molecule has 1 aliphatic rings. The summed E-state index contributed by atoms with van der Waals surface area (Å²) in [5, 5.41) is 4.42. The van der Waals surface area contributed by atoms with Crippen molar-refractivity contribution < 1.29 is 4.42 Å². The molecule has 8 nitrogen and oxygen atoms in total. The predicted molar refractivity (Wildman–Crippen MR) is 135 cm³/mol. The largest absolute Gasteiger partial charge is 0.444 e. The number of aromatic nitrogens is 3. The zero-order valence-corrected chi connectivity index (χ0v) is 21.2. The fraction of sp³-hybridized carbons (Fsp3) is 0.429. The lowest BCUT2D eigenvalue weighted by Gasteiger charge is -2.36. The fourth-order valence-corrected chi connectivity index (χ4v) is 4.15. The Balaban J connectivity index is 0.00000272. The van der Waals surface area contributed by atoms with Gasteiger partial charge in [0.15, 0.2) is 5.96 Å². The molecule has 1 aliphatic heterocycles. The van der Waals surface area contributed by atoms with E-state index in [0.717, 1.165) is 60.8 Å². The summed E-state index contributed by atoms with van der Waals surface area (Å²) in [6.45, 7) is 8.29. The van der Waals surface area contributed by atoms with Gasteiger partial charge in [-0.1, -0.05) is 24.6 Å². The van der Waals surface area contributed by atoms with Gasteiger partial charge in [-0.05, 0) is 19.1 Å². The summed E-state index contributed by atoms with van der Waals surface area (Å²) in [4.78, 5) is 18.2. The van der Waals surface area contributed by atoms with Crippen molar-refractivity contribution in [1.29, 1.82) is 0 Å². The minimum atomic E-state index is 0. The van der Waals surface area contributed by atoms with Crippen molar-refractivity contribution in [2.75, 3.05) is 38.1 Å². The lowest BCUT2D eigenvalue weighted by Crippen LogP contribution is -2.52. The molecule has 0 spiro atoms. The number of benzene rings is 1. The third-order valence-electron chi connectivity index (χ3n) is 5.11. The van der Waals surface area contributed by atoms with Crippen molar-refractivity contribution in [3.63, 3.8) is 0 Å². The third-order valence-corrected chi connectivity index (χ3v) is 5.93. The van der Waals surface area contributed by atoms with Crippen LogP contribution in [0.15, 0.2) is 39.9 Å². The molecule has 166 valence electrons. The van der Waals surface area contributed by atoms with E-state index in [-0.39, 0.29) is 24.0 Å². The highest BCUT2D eigenvalue weighted by molar-refractivity contribution is 14.0. The van der Waals surface area contributed by atoms with Crippen LogP contribution >= 0.6 is 35.5 Å². The number of piperazine rings is 1.